The lowest BCUT2D eigenvalue weighted by atomic mass is 10.3. The van der Waals surface area contributed by atoms with E-state index in [1.54, 1.807) is 11.8 Å². The highest BCUT2D eigenvalue weighted by Gasteiger charge is 2.21. The summed E-state index contributed by atoms with van der Waals surface area (Å²) in [5.74, 6) is -0.354. The summed E-state index contributed by atoms with van der Waals surface area (Å²) in [5.41, 5.74) is 10.7. The average Bonchev–Trinajstić information content (AvgIpc) is 2.41. The molecule has 0 aliphatic carbocycles. The zero-order chi connectivity index (χ0) is 12.1. The fourth-order valence-corrected chi connectivity index (χ4v) is 1.86. The molecule has 0 radical (unpaired) electrons. The number of nitrogens with two attached hydrogens (primary N) is 2. The summed E-state index contributed by atoms with van der Waals surface area (Å²) in [6.45, 7) is 4.75. The van der Waals surface area contributed by atoms with E-state index >= 15 is 0 Å². The summed E-state index contributed by atoms with van der Waals surface area (Å²) >= 11 is 0. The molecule has 4 N–H and O–H groups in total. The van der Waals surface area contributed by atoms with Crippen molar-refractivity contribution in [3.8, 4) is 0 Å². The van der Waals surface area contributed by atoms with Gasteiger partial charge in [-0.15, -0.1) is 0 Å². The molecule has 1 atom stereocenters. The molecule has 1 aliphatic rings. The number of hydrogen-bond donors (Lipinski definition) is 2. The molecule has 1 saturated heterocycles. The van der Waals surface area contributed by atoms with Crippen LogP contribution in [0, 0.1) is 0 Å². The van der Waals surface area contributed by atoms with Gasteiger partial charge in [-0.25, -0.2) is 0 Å². The van der Waals surface area contributed by atoms with Crippen molar-refractivity contribution in [3.63, 3.8) is 0 Å². The number of nitrogens with zero attached hydrogens (tertiary/aromatic N) is 2. The lowest BCUT2D eigenvalue weighted by Crippen LogP contribution is -2.44. The molecule has 92 valence electrons. The Labute approximate surface area is 95.5 Å². The minimum absolute atomic E-state index is 0.0269. The highest BCUT2D eigenvalue weighted by atomic mass is 16.2. The first-order valence-corrected chi connectivity index (χ1v) is 5.55. The first-order chi connectivity index (χ1) is 7.50. The Balaban J connectivity index is 2.46. The molecule has 1 heterocycles. The topological polar surface area (TPSA) is 92.7 Å². The van der Waals surface area contributed by atoms with E-state index in [0.29, 0.717) is 19.6 Å². The predicted octanol–water partition coefficient (Wildman–Crippen LogP) is -1.65. The molecule has 6 heteroatoms. The highest BCUT2D eigenvalue weighted by Crippen LogP contribution is 2.04. The van der Waals surface area contributed by atoms with E-state index in [1.807, 2.05) is 4.90 Å². The molecule has 1 rings (SSSR count). The molecule has 0 aromatic carbocycles. The van der Waals surface area contributed by atoms with Gasteiger partial charge in [0.1, 0.15) is 0 Å². The van der Waals surface area contributed by atoms with Gasteiger partial charge in [0.15, 0.2) is 0 Å². The molecule has 16 heavy (non-hydrogen) atoms. The van der Waals surface area contributed by atoms with Crippen LogP contribution >= 0.6 is 0 Å². The number of carbonyl (C=O) groups excluding carboxylic acids is 2. The second-order valence-electron chi connectivity index (χ2n) is 4.21. The zero-order valence-corrected chi connectivity index (χ0v) is 9.69. The van der Waals surface area contributed by atoms with Crippen molar-refractivity contribution in [2.45, 2.75) is 19.4 Å². The van der Waals surface area contributed by atoms with Crippen LogP contribution in [0.5, 0.6) is 0 Å². The molecule has 1 fully saturated rings. The van der Waals surface area contributed by atoms with Gasteiger partial charge in [-0.1, -0.05) is 0 Å². The van der Waals surface area contributed by atoms with Crippen molar-refractivity contribution < 1.29 is 9.59 Å². The number of rotatable bonds is 3. The van der Waals surface area contributed by atoms with E-state index in [4.69, 9.17) is 11.5 Å². The van der Waals surface area contributed by atoms with Crippen LogP contribution in [0.25, 0.3) is 0 Å². The maximum Gasteiger partial charge on any atom is 0.239 e. The Kier molecular flexibility index (Phi) is 4.70. The van der Waals surface area contributed by atoms with E-state index in [-0.39, 0.29) is 18.4 Å². The van der Waals surface area contributed by atoms with Gasteiger partial charge >= 0.3 is 0 Å². The van der Waals surface area contributed by atoms with E-state index in [2.05, 4.69) is 0 Å². The Morgan fingerprint density at radius 1 is 1.25 bits per heavy atom. The van der Waals surface area contributed by atoms with Crippen LogP contribution in [0.3, 0.4) is 0 Å². The van der Waals surface area contributed by atoms with E-state index < -0.39 is 6.04 Å². The maximum absolute atomic E-state index is 11.7. The van der Waals surface area contributed by atoms with Crippen LogP contribution in [-0.2, 0) is 9.59 Å². The van der Waals surface area contributed by atoms with Gasteiger partial charge in [-0.2, -0.15) is 0 Å². The van der Waals surface area contributed by atoms with Crippen LogP contribution in [0.1, 0.15) is 13.3 Å². The molecule has 0 bridgehead atoms. The van der Waals surface area contributed by atoms with Crippen molar-refractivity contribution in [3.05, 3.63) is 0 Å². The molecule has 0 spiro atoms. The monoisotopic (exact) mass is 228 g/mol. The molecular weight excluding hydrogens is 208 g/mol. The molecule has 0 saturated carbocycles. The summed E-state index contributed by atoms with van der Waals surface area (Å²) in [4.78, 5) is 26.2. The summed E-state index contributed by atoms with van der Waals surface area (Å²) in [7, 11) is 0. The average molecular weight is 228 g/mol. The largest absolute Gasteiger partial charge is 0.369 e. The molecule has 0 aromatic rings. The number of carbonyl (C=O) groups is 2. The lowest BCUT2D eigenvalue weighted by molar-refractivity contribution is -0.132. The lowest BCUT2D eigenvalue weighted by Gasteiger charge is -2.22. The zero-order valence-electron chi connectivity index (χ0n) is 9.69. The Morgan fingerprint density at radius 3 is 2.50 bits per heavy atom. The van der Waals surface area contributed by atoms with Gasteiger partial charge in [0.2, 0.25) is 11.8 Å². The van der Waals surface area contributed by atoms with Gasteiger partial charge in [-0.3, -0.25) is 14.5 Å². The summed E-state index contributed by atoms with van der Waals surface area (Å²) in [6.07, 6.45) is 0.853. The van der Waals surface area contributed by atoms with Crippen molar-refractivity contribution in [1.29, 1.82) is 0 Å². The highest BCUT2D eigenvalue weighted by molar-refractivity contribution is 5.81. The predicted molar refractivity (Wildman–Crippen MR) is 60.5 cm³/mol. The molecule has 2 amide bonds. The second-order valence-corrected chi connectivity index (χ2v) is 4.21. The van der Waals surface area contributed by atoms with Crippen LogP contribution in [-0.4, -0.2) is 60.4 Å². The summed E-state index contributed by atoms with van der Waals surface area (Å²) in [5, 5.41) is 0. The number of primary amides is 1. The molecule has 1 aliphatic heterocycles. The van der Waals surface area contributed by atoms with Gasteiger partial charge < -0.3 is 16.4 Å². The SMILES string of the molecule is CC(N)C(=O)N1CCCN(CC(N)=O)CC1. The molecule has 0 aromatic heterocycles. The van der Waals surface area contributed by atoms with Gasteiger partial charge in [0.25, 0.3) is 0 Å². The first kappa shape index (κ1) is 12.9. The molecule has 1 unspecified atom stereocenters. The summed E-state index contributed by atoms with van der Waals surface area (Å²) in [6, 6.07) is -0.456. The third-order valence-electron chi connectivity index (χ3n) is 2.67. The van der Waals surface area contributed by atoms with E-state index in [0.717, 1.165) is 13.0 Å². The fourth-order valence-electron chi connectivity index (χ4n) is 1.86. The van der Waals surface area contributed by atoms with Gasteiger partial charge in [0.05, 0.1) is 12.6 Å². The first-order valence-electron chi connectivity index (χ1n) is 5.55. The number of hydrogen-bond acceptors (Lipinski definition) is 4. The molecule has 6 nitrogen and oxygen atoms in total. The number of amides is 2. The molecular formula is C10H20N4O2. The van der Waals surface area contributed by atoms with E-state index in [9.17, 15) is 9.59 Å². The van der Waals surface area contributed by atoms with Crippen LogP contribution < -0.4 is 11.5 Å². The minimum Gasteiger partial charge on any atom is -0.369 e. The van der Waals surface area contributed by atoms with Crippen molar-refractivity contribution in [1.82, 2.24) is 9.80 Å². The Hall–Kier alpha value is -1.14. The Bertz CT molecular complexity index is 268. The normalized spacial score (nSPS) is 20.2. The Morgan fingerprint density at radius 2 is 1.94 bits per heavy atom. The quantitative estimate of drug-likeness (QED) is 0.605. The van der Waals surface area contributed by atoms with Gasteiger partial charge in [-0.05, 0) is 13.3 Å². The summed E-state index contributed by atoms with van der Waals surface area (Å²) < 4.78 is 0. The van der Waals surface area contributed by atoms with Crippen molar-refractivity contribution in [2.24, 2.45) is 11.5 Å². The third-order valence-corrected chi connectivity index (χ3v) is 2.67. The maximum atomic E-state index is 11.7. The van der Waals surface area contributed by atoms with Crippen LogP contribution in [0.15, 0.2) is 0 Å². The van der Waals surface area contributed by atoms with Crippen LogP contribution in [0.2, 0.25) is 0 Å². The smallest absolute Gasteiger partial charge is 0.239 e. The van der Waals surface area contributed by atoms with Crippen molar-refractivity contribution >= 4 is 11.8 Å². The van der Waals surface area contributed by atoms with Crippen LogP contribution in [0.4, 0.5) is 0 Å². The van der Waals surface area contributed by atoms with Gasteiger partial charge in [0, 0.05) is 26.2 Å². The fraction of sp³-hybridized carbons (Fsp3) is 0.800. The second kappa shape index (κ2) is 5.81. The minimum atomic E-state index is -0.456. The third kappa shape index (κ3) is 3.79. The van der Waals surface area contributed by atoms with E-state index in [1.165, 1.54) is 0 Å². The van der Waals surface area contributed by atoms with Crippen molar-refractivity contribution in [2.75, 3.05) is 32.7 Å². The standard InChI is InChI=1S/C10H20N4O2/c1-8(11)10(16)14-4-2-3-13(5-6-14)7-9(12)15/h8H,2-7,11H2,1H3,(H2,12,15).